The Labute approximate surface area is 173 Å². The molecule has 4 N–H and O–H groups in total. The van der Waals surface area contributed by atoms with Gasteiger partial charge in [-0.05, 0) is 38.8 Å². The van der Waals surface area contributed by atoms with Crippen molar-refractivity contribution in [2.24, 2.45) is 5.14 Å². The summed E-state index contributed by atoms with van der Waals surface area (Å²) in [6.07, 6.45) is 0.897. The van der Waals surface area contributed by atoms with Crippen molar-refractivity contribution in [3.05, 3.63) is 22.7 Å². The Kier molecular flexibility index (Phi) is 7.09. The maximum absolute atomic E-state index is 12.7. The van der Waals surface area contributed by atoms with Gasteiger partial charge in [0.25, 0.3) is 0 Å². The van der Waals surface area contributed by atoms with E-state index in [0.717, 1.165) is 12.1 Å². The van der Waals surface area contributed by atoms with Gasteiger partial charge in [0.1, 0.15) is 17.0 Å². The number of nitrogens with two attached hydrogens (primary N) is 1. The first kappa shape index (κ1) is 22.9. The molecular formula is C17H22ClN3O7S. The van der Waals surface area contributed by atoms with Crippen LogP contribution in [0, 0.1) is 0 Å². The number of ether oxygens (including phenoxy) is 1. The first-order chi connectivity index (χ1) is 13.5. The molecule has 0 bridgehead atoms. The van der Waals surface area contributed by atoms with Gasteiger partial charge in [-0.2, -0.15) is 0 Å². The van der Waals surface area contributed by atoms with E-state index in [-0.39, 0.29) is 29.4 Å². The summed E-state index contributed by atoms with van der Waals surface area (Å²) in [6, 6.07) is 0.236. The van der Waals surface area contributed by atoms with Crippen LogP contribution in [0.3, 0.4) is 0 Å². The zero-order valence-electron chi connectivity index (χ0n) is 15.8. The molecule has 160 valence electrons. The van der Waals surface area contributed by atoms with Crippen molar-refractivity contribution in [3.8, 4) is 0 Å². The van der Waals surface area contributed by atoms with Gasteiger partial charge in [-0.15, -0.1) is 0 Å². The fraction of sp³-hybridized carbons (Fsp3) is 0.471. The van der Waals surface area contributed by atoms with E-state index in [0.29, 0.717) is 12.8 Å². The standard InChI is InChI=1S/C17H22ClN3O7S/c1-3-28-17(25)10-7-14(29(19,26)27)12(8-11(10)18)20-9(2)15(22)21-6-4-5-13(21)16(23)24/h7-9,13,20H,3-6H2,1-2H3,(H,23,24)(H2,19,26,27)/t9-,13-/m0/s1. The molecular weight excluding hydrogens is 426 g/mol. The maximum atomic E-state index is 12.7. The number of carbonyl (C=O) groups is 3. The van der Waals surface area contributed by atoms with E-state index in [2.05, 4.69) is 5.32 Å². The lowest BCUT2D eigenvalue weighted by molar-refractivity contribution is -0.148. The molecule has 0 aliphatic carbocycles. The van der Waals surface area contributed by atoms with E-state index in [9.17, 15) is 27.9 Å². The van der Waals surface area contributed by atoms with Crippen molar-refractivity contribution in [3.63, 3.8) is 0 Å². The number of hydrogen-bond donors (Lipinski definition) is 3. The second kappa shape index (κ2) is 8.97. The van der Waals surface area contributed by atoms with E-state index in [4.69, 9.17) is 21.5 Å². The lowest BCUT2D eigenvalue weighted by Gasteiger charge is -2.26. The first-order valence-corrected chi connectivity index (χ1v) is 10.7. The number of sulfonamides is 1. The number of halogens is 1. The molecule has 1 fully saturated rings. The SMILES string of the molecule is CCOC(=O)c1cc(S(N)(=O)=O)c(N[C@@H](C)C(=O)N2CCC[C@H]2C(=O)O)cc1Cl. The fourth-order valence-corrected chi connectivity index (χ4v) is 4.05. The van der Waals surface area contributed by atoms with Gasteiger partial charge >= 0.3 is 11.9 Å². The highest BCUT2D eigenvalue weighted by Gasteiger charge is 2.36. The van der Waals surface area contributed by atoms with Gasteiger partial charge in [-0.3, -0.25) is 4.79 Å². The summed E-state index contributed by atoms with van der Waals surface area (Å²) in [7, 11) is -4.28. The number of aliphatic carboxylic acids is 1. The number of anilines is 1. The topological polar surface area (TPSA) is 156 Å². The highest BCUT2D eigenvalue weighted by molar-refractivity contribution is 7.89. The molecule has 1 aliphatic rings. The summed E-state index contributed by atoms with van der Waals surface area (Å²) in [5.41, 5.74) is -0.273. The summed E-state index contributed by atoms with van der Waals surface area (Å²) < 4.78 is 28.9. The average Bonchev–Trinajstić information content (AvgIpc) is 3.10. The maximum Gasteiger partial charge on any atom is 0.339 e. The number of hydrogen-bond acceptors (Lipinski definition) is 7. The monoisotopic (exact) mass is 447 g/mol. The highest BCUT2D eigenvalue weighted by atomic mass is 35.5. The third-order valence-electron chi connectivity index (χ3n) is 4.43. The van der Waals surface area contributed by atoms with Gasteiger partial charge in [-0.25, -0.2) is 23.1 Å². The molecule has 0 spiro atoms. The van der Waals surface area contributed by atoms with Crippen LogP contribution in [0.2, 0.25) is 5.02 Å². The average molecular weight is 448 g/mol. The van der Waals surface area contributed by atoms with E-state index >= 15 is 0 Å². The van der Waals surface area contributed by atoms with Crippen molar-refractivity contribution in [2.75, 3.05) is 18.5 Å². The summed E-state index contributed by atoms with van der Waals surface area (Å²) in [4.78, 5) is 36.8. The number of likely N-dealkylation sites (tertiary alicyclic amines) is 1. The number of carboxylic acid groups (broad SMARTS) is 1. The predicted molar refractivity (Wildman–Crippen MR) is 104 cm³/mol. The van der Waals surface area contributed by atoms with Gasteiger partial charge in [-0.1, -0.05) is 11.6 Å². The number of carboxylic acids is 1. The summed E-state index contributed by atoms with van der Waals surface area (Å²) in [5.74, 6) is -2.43. The van der Waals surface area contributed by atoms with Gasteiger partial charge in [0.05, 0.1) is 22.9 Å². The van der Waals surface area contributed by atoms with Crippen LogP contribution in [0.4, 0.5) is 5.69 Å². The minimum absolute atomic E-state index is 0.0615. The molecule has 1 aromatic carbocycles. The number of amides is 1. The Morgan fingerprint density at radius 3 is 2.62 bits per heavy atom. The summed E-state index contributed by atoms with van der Waals surface area (Å²) in [5, 5.41) is 17.1. The van der Waals surface area contributed by atoms with E-state index < -0.39 is 44.8 Å². The van der Waals surface area contributed by atoms with Gasteiger partial charge < -0.3 is 20.1 Å². The number of carbonyl (C=O) groups excluding carboxylic acids is 2. The molecule has 0 unspecified atom stereocenters. The third kappa shape index (κ3) is 5.17. The fourth-order valence-electron chi connectivity index (χ4n) is 3.10. The van der Waals surface area contributed by atoms with Crippen molar-refractivity contribution >= 4 is 45.2 Å². The van der Waals surface area contributed by atoms with Crippen molar-refractivity contribution in [1.29, 1.82) is 0 Å². The lowest BCUT2D eigenvalue weighted by atomic mass is 10.1. The number of primary sulfonamides is 1. The molecule has 1 aromatic rings. The second-order valence-electron chi connectivity index (χ2n) is 6.49. The Morgan fingerprint density at radius 1 is 1.41 bits per heavy atom. The number of nitrogens with one attached hydrogen (secondary N) is 1. The van der Waals surface area contributed by atoms with E-state index in [1.807, 2.05) is 0 Å². The predicted octanol–water partition coefficient (Wildman–Crippen LogP) is 1.04. The van der Waals surface area contributed by atoms with E-state index in [1.165, 1.54) is 11.8 Å². The van der Waals surface area contributed by atoms with E-state index in [1.54, 1.807) is 6.92 Å². The molecule has 1 heterocycles. The molecule has 1 saturated heterocycles. The van der Waals surface area contributed by atoms with Crippen LogP contribution in [-0.4, -0.2) is 61.5 Å². The Hall–Kier alpha value is -2.37. The molecule has 29 heavy (non-hydrogen) atoms. The van der Waals surface area contributed by atoms with Gasteiger partial charge in [0.2, 0.25) is 15.9 Å². The molecule has 12 heteroatoms. The van der Waals surface area contributed by atoms with Crippen molar-refractivity contribution < 1.29 is 32.6 Å². The Balaban J connectivity index is 2.36. The Bertz CT molecular complexity index is 935. The largest absolute Gasteiger partial charge is 0.480 e. The normalized spacial score (nSPS) is 17.7. The van der Waals surface area contributed by atoms with Crippen LogP contribution < -0.4 is 10.5 Å². The van der Waals surface area contributed by atoms with Crippen LogP contribution in [0.15, 0.2) is 17.0 Å². The minimum atomic E-state index is -4.28. The third-order valence-corrected chi connectivity index (χ3v) is 5.70. The Morgan fingerprint density at radius 2 is 2.07 bits per heavy atom. The molecule has 0 aromatic heterocycles. The summed E-state index contributed by atoms with van der Waals surface area (Å²) in [6.45, 7) is 3.39. The molecule has 2 rings (SSSR count). The van der Waals surface area contributed by atoms with Crippen LogP contribution in [-0.2, 0) is 24.3 Å². The lowest BCUT2D eigenvalue weighted by Crippen LogP contribution is -2.46. The number of esters is 1. The summed E-state index contributed by atoms with van der Waals surface area (Å²) >= 11 is 6.09. The molecule has 10 nitrogen and oxygen atoms in total. The molecule has 1 amide bonds. The molecule has 0 saturated carbocycles. The number of rotatable bonds is 7. The number of nitrogens with zero attached hydrogens (tertiary/aromatic N) is 1. The van der Waals surface area contributed by atoms with Gasteiger partial charge in [0.15, 0.2) is 0 Å². The first-order valence-electron chi connectivity index (χ1n) is 8.80. The molecule has 2 atom stereocenters. The highest BCUT2D eigenvalue weighted by Crippen LogP contribution is 2.30. The quantitative estimate of drug-likeness (QED) is 0.523. The van der Waals surface area contributed by atoms with Gasteiger partial charge in [0, 0.05) is 6.54 Å². The number of benzene rings is 1. The van der Waals surface area contributed by atoms with Crippen molar-refractivity contribution in [1.82, 2.24) is 4.90 Å². The van der Waals surface area contributed by atoms with Crippen molar-refractivity contribution in [2.45, 2.75) is 43.7 Å². The second-order valence-corrected chi connectivity index (χ2v) is 8.42. The zero-order chi connectivity index (χ0) is 21.9. The zero-order valence-corrected chi connectivity index (χ0v) is 17.4. The molecule has 0 radical (unpaired) electrons. The van der Waals surface area contributed by atoms with Crippen LogP contribution in [0.5, 0.6) is 0 Å². The molecule has 1 aliphatic heterocycles. The van der Waals surface area contributed by atoms with Crippen LogP contribution in [0.25, 0.3) is 0 Å². The van der Waals surface area contributed by atoms with Crippen LogP contribution >= 0.6 is 11.6 Å². The smallest absolute Gasteiger partial charge is 0.339 e. The minimum Gasteiger partial charge on any atom is -0.480 e. The van der Waals surface area contributed by atoms with Crippen LogP contribution in [0.1, 0.15) is 37.0 Å².